The molecule has 3 rings (SSSR count). The van der Waals surface area contributed by atoms with Crippen molar-refractivity contribution < 1.29 is 23.9 Å². The third kappa shape index (κ3) is 5.14. The van der Waals surface area contributed by atoms with Crippen LogP contribution in [0.4, 0.5) is 5.00 Å². The first-order valence-electron chi connectivity index (χ1n) is 9.50. The number of carbonyl (C=O) groups is 3. The standard InChI is InChI=1S/C21H24N2O5S/c1-27-14-6-4-5-13(11-14)16(24)12-28-18(25)9-10-23-21-19(20(22)26)15-7-2-3-8-17(15)29-21/h4-6,11,23H,2-3,7-10,12H2,1H3,(H2,22,26). The molecule has 1 aliphatic carbocycles. The number of anilines is 1. The van der Waals surface area contributed by atoms with E-state index in [-0.39, 0.29) is 18.8 Å². The van der Waals surface area contributed by atoms with E-state index in [1.165, 1.54) is 23.3 Å². The van der Waals surface area contributed by atoms with Crippen molar-refractivity contribution in [3.8, 4) is 5.75 Å². The Morgan fingerprint density at radius 1 is 1.21 bits per heavy atom. The second-order valence-corrected chi connectivity index (χ2v) is 7.88. The highest BCUT2D eigenvalue weighted by atomic mass is 32.1. The Labute approximate surface area is 173 Å². The molecule has 1 aromatic heterocycles. The minimum absolute atomic E-state index is 0.0756. The lowest BCUT2D eigenvalue weighted by molar-refractivity contribution is -0.142. The number of esters is 1. The summed E-state index contributed by atoms with van der Waals surface area (Å²) in [7, 11) is 1.52. The fourth-order valence-electron chi connectivity index (χ4n) is 3.33. The Hall–Kier alpha value is -2.87. The molecule has 0 radical (unpaired) electrons. The quantitative estimate of drug-likeness (QED) is 0.481. The summed E-state index contributed by atoms with van der Waals surface area (Å²) < 4.78 is 10.2. The predicted octanol–water partition coefficient (Wildman–Crippen LogP) is 2.96. The number of amides is 1. The van der Waals surface area contributed by atoms with Crippen molar-refractivity contribution in [2.24, 2.45) is 5.73 Å². The number of hydrogen-bond donors (Lipinski definition) is 2. The molecule has 0 bridgehead atoms. The second kappa shape index (κ2) is 9.56. The average Bonchev–Trinajstić information content (AvgIpc) is 3.10. The van der Waals surface area contributed by atoms with Crippen molar-refractivity contribution in [1.82, 2.24) is 0 Å². The van der Waals surface area contributed by atoms with Crippen molar-refractivity contribution >= 4 is 34.0 Å². The van der Waals surface area contributed by atoms with Gasteiger partial charge in [-0.15, -0.1) is 11.3 Å². The third-order valence-electron chi connectivity index (χ3n) is 4.79. The van der Waals surface area contributed by atoms with Gasteiger partial charge in [0.25, 0.3) is 5.91 Å². The van der Waals surface area contributed by atoms with Crippen LogP contribution in [0.2, 0.25) is 0 Å². The van der Waals surface area contributed by atoms with E-state index in [1.807, 2.05) is 0 Å². The maximum Gasteiger partial charge on any atom is 0.308 e. The van der Waals surface area contributed by atoms with E-state index in [2.05, 4.69) is 5.32 Å². The SMILES string of the molecule is COc1cccc(C(=O)COC(=O)CCNc2sc3c(c2C(N)=O)CCCC3)c1. The van der Waals surface area contributed by atoms with Crippen molar-refractivity contribution in [3.63, 3.8) is 0 Å². The van der Waals surface area contributed by atoms with Crippen molar-refractivity contribution in [2.45, 2.75) is 32.1 Å². The smallest absolute Gasteiger partial charge is 0.308 e. The van der Waals surface area contributed by atoms with Crippen LogP contribution in [-0.4, -0.2) is 37.9 Å². The van der Waals surface area contributed by atoms with Crippen molar-refractivity contribution in [2.75, 3.05) is 25.6 Å². The van der Waals surface area contributed by atoms with Gasteiger partial charge in [0.1, 0.15) is 10.8 Å². The molecule has 0 spiro atoms. The van der Waals surface area contributed by atoms with Gasteiger partial charge in [-0.3, -0.25) is 14.4 Å². The van der Waals surface area contributed by atoms with Gasteiger partial charge in [-0.2, -0.15) is 0 Å². The Morgan fingerprint density at radius 2 is 2.00 bits per heavy atom. The van der Waals surface area contributed by atoms with Crippen LogP contribution in [-0.2, 0) is 22.4 Å². The van der Waals surface area contributed by atoms with Crippen LogP contribution in [0.3, 0.4) is 0 Å². The van der Waals surface area contributed by atoms with E-state index in [0.29, 0.717) is 28.4 Å². The molecule has 1 aromatic carbocycles. The van der Waals surface area contributed by atoms with E-state index in [0.717, 1.165) is 31.2 Å². The first kappa shape index (κ1) is 20.9. The number of ketones is 1. The molecular formula is C21H24N2O5S. The summed E-state index contributed by atoms with van der Waals surface area (Å²) in [4.78, 5) is 37.2. The summed E-state index contributed by atoms with van der Waals surface area (Å²) in [5.41, 5.74) is 7.57. The molecule has 2 aromatic rings. The number of benzene rings is 1. The zero-order valence-corrected chi connectivity index (χ0v) is 17.1. The highest BCUT2D eigenvalue weighted by Crippen LogP contribution is 2.37. The average molecular weight is 416 g/mol. The number of carbonyl (C=O) groups excluding carboxylic acids is 3. The summed E-state index contributed by atoms with van der Waals surface area (Å²) in [6.07, 6.45) is 4.05. The van der Waals surface area contributed by atoms with Gasteiger partial charge in [-0.05, 0) is 43.4 Å². The lowest BCUT2D eigenvalue weighted by Crippen LogP contribution is -2.18. The largest absolute Gasteiger partial charge is 0.497 e. The highest BCUT2D eigenvalue weighted by molar-refractivity contribution is 7.16. The molecule has 1 aliphatic rings. The number of methoxy groups -OCH3 is 1. The lowest BCUT2D eigenvalue weighted by Gasteiger charge is -2.11. The number of rotatable bonds is 9. The Bertz CT molecular complexity index is 922. The number of fused-ring (bicyclic) bond motifs is 1. The number of ether oxygens (including phenoxy) is 2. The molecule has 0 fully saturated rings. The highest BCUT2D eigenvalue weighted by Gasteiger charge is 2.23. The molecule has 0 saturated heterocycles. The summed E-state index contributed by atoms with van der Waals surface area (Å²) in [5.74, 6) is -0.670. The molecule has 29 heavy (non-hydrogen) atoms. The molecule has 1 amide bonds. The van der Waals surface area contributed by atoms with Gasteiger partial charge < -0.3 is 20.5 Å². The molecule has 7 nitrogen and oxygen atoms in total. The van der Waals surface area contributed by atoms with E-state index < -0.39 is 11.9 Å². The molecule has 3 N–H and O–H groups in total. The number of hydrogen-bond acceptors (Lipinski definition) is 7. The van der Waals surface area contributed by atoms with Crippen LogP contribution in [0.15, 0.2) is 24.3 Å². The monoisotopic (exact) mass is 416 g/mol. The Kier molecular flexibility index (Phi) is 6.87. The summed E-state index contributed by atoms with van der Waals surface area (Å²) >= 11 is 1.53. The molecule has 8 heteroatoms. The third-order valence-corrected chi connectivity index (χ3v) is 6.04. The number of nitrogens with one attached hydrogen (secondary N) is 1. The lowest BCUT2D eigenvalue weighted by atomic mass is 9.95. The molecule has 1 heterocycles. The molecule has 0 unspecified atom stereocenters. The van der Waals surface area contributed by atoms with Gasteiger partial charge in [-0.25, -0.2) is 0 Å². The van der Waals surface area contributed by atoms with E-state index >= 15 is 0 Å². The first-order chi connectivity index (χ1) is 14.0. The van der Waals surface area contributed by atoms with Gasteiger partial charge in [0, 0.05) is 17.0 Å². The Morgan fingerprint density at radius 3 is 2.76 bits per heavy atom. The minimum Gasteiger partial charge on any atom is -0.497 e. The van der Waals surface area contributed by atoms with Gasteiger partial charge in [0.05, 0.1) is 19.1 Å². The Balaban J connectivity index is 1.49. The van der Waals surface area contributed by atoms with Crippen molar-refractivity contribution in [3.05, 3.63) is 45.8 Å². The number of aryl methyl sites for hydroxylation is 1. The normalized spacial score (nSPS) is 12.7. The zero-order valence-electron chi connectivity index (χ0n) is 16.3. The number of Topliss-reactive ketones (excluding diaryl/α,β-unsaturated/α-hetero) is 1. The van der Waals surface area contributed by atoms with E-state index in [9.17, 15) is 14.4 Å². The van der Waals surface area contributed by atoms with Gasteiger partial charge >= 0.3 is 5.97 Å². The maximum absolute atomic E-state index is 12.1. The maximum atomic E-state index is 12.1. The molecule has 0 aliphatic heterocycles. The molecule has 154 valence electrons. The van der Waals surface area contributed by atoms with E-state index in [1.54, 1.807) is 24.3 Å². The fourth-order valence-corrected chi connectivity index (χ4v) is 4.65. The topological polar surface area (TPSA) is 108 Å². The number of nitrogens with two attached hydrogens (primary N) is 1. The van der Waals surface area contributed by atoms with Crippen LogP contribution in [0.5, 0.6) is 5.75 Å². The summed E-state index contributed by atoms with van der Waals surface area (Å²) in [6, 6.07) is 6.68. The summed E-state index contributed by atoms with van der Waals surface area (Å²) in [5, 5.41) is 3.85. The zero-order chi connectivity index (χ0) is 20.8. The fraction of sp³-hybridized carbons (Fsp3) is 0.381. The van der Waals surface area contributed by atoms with Crippen LogP contribution < -0.4 is 15.8 Å². The second-order valence-electron chi connectivity index (χ2n) is 6.77. The van der Waals surface area contributed by atoms with Crippen LogP contribution in [0.1, 0.15) is 50.4 Å². The molecule has 0 saturated carbocycles. The van der Waals surface area contributed by atoms with Crippen molar-refractivity contribution in [1.29, 1.82) is 0 Å². The van der Waals surface area contributed by atoms with Gasteiger partial charge in [0.15, 0.2) is 12.4 Å². The number of primary amides is 1. The van der Waals surface area contributed by atoms with Gasteiger partial charge in [0.2, 0.25) is 0 Å². The summed E-state index contributed by atoms with van der Waals surface area (Å²) in [6.45, 7) is -0.0301. The van der Waals surface area contributed by atoms with Crippen LogP contribution >= 0.6 is 11.3 Å². The van der Waals surface area contributed by atoms with Crippen LogP contribution in [0.25, 0.3) is 0 Å². The van der Waals surface area contributed by atoms with Crippen LogP contribution in [0, 0.1) is 0 Å². The minimum atomic E-state index is -0.490. The molecular weight excluding hydrogens is 392 g/mol. The van der Waals surface area contributed by atoms with E-state index in [4.69, 9.17) is 15.2 Å². The first-order valence-corrected chi connectivity index (χ1v) is 10.3. The van der Waals surface area contributed by atoms with Gasteiger partial charge in [-0.1, -0.05) is 12.1 Å². The molecule has 0 atom stereocenters. The number of thiophene rings is 1. The predicted molar refractivity (Wildman–Crippen MR) is 111 cm³/mol.